The summed E-state index contributed by atoms with van der Waals surface area (Å²) in [6.07, 6.45) is 2.76. The van der Waals surface area contributed by atoms with E-state index in [0.29, 0.717) is 19.1 Å². The minimum absolute atomic E-state index is 0.531. The first-order chi connectivity index (χ1) is 11.0. The fourth-order valence-electron chi connectivity index (χ4n) is 3.35. The summed E-state index contributed by atoms with van der Waals surface area (Å²) in [5.74, 6) is 2.37. The van der Waals surface area contributed by atoms with Gasteiger partial charge in [0.25, 0.3) is 0 Å². The van der Waals surface area contributed by atoms with Gasteiger partial charge in [0.2, 0.25) is 0 Å². The molecule has 1 heterocycles. The Balaban J connectivity index is 1.62. The average molecular weight is 320 g/mol. The van der Waals surface area contributed by atoms with E-state index in [-0.39, 0.29) is 0 Å². The Morgan fingerprint density at radius 1 is 1.17 bits per heavy atom. The van der Waals surface area contributed by atoms with E-state index in [9.17, 15) is 0 Å². The molecule has 0 aromatic heterocycles. The van der Waals surface area contributed by atoms with E-state index in [2.05, 4.69) is 45.9 Å². The van der Waals surface area contributed by atoms with Crippen LogP contribution in [-0.2, 0) is 4.74 Å². The molecule has 0 amide bonds. The first-order valence-electron chi connectivity index (χ1n) is 9.20. The first kappa shape index (κ1) is 18.3. The van der Waals surface area contributed by atoms with Crippen molar-refractivity contribution in [3.8, 4) is 5.75 Å². The lowest BCUT2D eigenvalue weighted by Gasteiger charge is -2.27. The van der Waals surface area contributed by atoms with Crippen LogP contribution in [-0.4, -0.2) is 39.5 Å². The average Bonchev–Trinajstić information content (AvgIpc) is 2.50. The molecule has 1 N–H and O–H groups in total. The second-order valence-corrected chi connectivity index (χ2v) is 7.40. The second kappa shape index (κ2) is 9.29. The summed E-state index contributed by atoms with van der Waals surface area (Å²) in [4.78, 5) is 1.70. The van der Waals surface area contributed by atoms with E-state index in [1.165, 1.54) is 37.1 Å². The van der Waals surface area contributed by atoms with Crippen LogP contribution in [0.3, 0.4) is 0 Å². The van der Waals surface area contributed by atoms with Gasteiger partial charge in [0, 0.05) is 5.92 Å². The number of aryl methyl sites for hydroxylation is 1. The molecule has 2 rings (SSSR count). The maximum absolute atomic E-state index is 5.85. The van der Waals surface area contributed by atoms with Crippen molar-refractivity contribution in [2.75, 3.05) is 39.5 Å². The summed E-state index contributed by atoms with van der Waals surface area (Å²) in [5, 5.41) is 0. The topological polar surface area (TPSA) is 22.9 Å². The van der Waals surface area contributed by atoms with E-state index in [1.807, 2.05) is 0 Å². The van der Waals surface area contributed by atoms with Crippen molar-refractivity contribution in [1.29, 1.82) is 0 Å². The van der Waals surface area contributed by atoms with Gasteiger partial charge >= 0.3 is 0 Å². The van der Waals surface area contributed by atoms with Gasteiger partial charge in [0.1, 0.15) is 18.9 Å². The van der Waals surface area contributed by atoms with Crippen LogP contribution < -0.4 is 9.64 Å². The molecular weight excluding hydrogens is 286 g/mol. The molecule has 1 aliphatic rings. The van der Waals surface area contributed by atoms with Crippen LogP contribution in [0.5, 0.6) is 5.75 Å². The zero-order valence-corrected chi connectivity index (χ0v) is 15.4. The molecule has 1 unspecified atom stereocenters. The van der Waals surface area contributed by atoms with Crippen LogP contribution in [0.25, 0.3) is 0 Å². The van der Waals surface area contributed by atoms with Gasteiger partial charge in [0.15, 0.2) is 0 Å². The first-order valence-corrected chi connectivity index (χ1v) is 9.20. The van der Waals surface area contributed by atoms with Crippen LogP contribution in [0.2, 0.25) is 0 Å². The summed E-state index contributed by atoms with van der Waals surface area (Å²) in [7, 11) is 0. The lowest BCUT2D eigenvalue weighted by atomic mass is 10.0. The molecule has 1 fully saturated rings. The molecule has 0 radical (unpaired) electrons. The standard InChI is InChI=1S/C20H33NO2/c1-16(2)19-12-18(4)13-20(14-19)23-11-10-22-9-8-21-7-5-6-17(3)15-21/h12-14,16-17H,5-11,15H2,1-4H3/p+1/t17-/m1/s1. The van der Waals surface area contributed by atoms with Crippen LogP contribution >= 0.6 is 0 Å². The molecule has 23 heavy (non-hydrogen) atoms. The molecule has 0 saturated carbocycles. The summed E-state index contributed by atoms with van der Waals surface area (Å²) < 4.78 is 11.6. The van der Waals surface area contributed by atoms with Crippen molar-refractivity contribution in [2.24, 2.45) is 5.92 Å². The number of likely N-dealkylation sites (tertiary alicyclic amines) is 1. The van der Waals surface area contributed by atoms with E-state index in [0.717, 1.165) is 24.8 Å². The molecule has 1 aliphatic heterocycles. The number of hydrogen-bond acceptors (Lipinski definition) is 2. The van der Waals surface area contributed by atoms with Crippen LogP contribution in [0.4, 0.5) is 0 Å². The van der Waals surface area contributed by atoms with Gasteiger partial charge in [0.05, 0.1) is 26.3 Å². The second-order valence-electron chi connectivity index (χ2n) is 7.40. The van der Waals surface area contributed by atoms with Gasteiger partial charge in [-0.05, 0) is 48.9 Å². The van der Waals surface area contributed by atoms with Crippen molar-refractivity contribution in [1.82, 2.24) is 0 Å². The number of nitrogens with one attached hydrogen (secondary N) is 1. The number of benzene rings is 1. The fourth-order valence-corrected chi connectivity index (χ4v) is 3.35. The molecule has 2 atom stereocenters. The number of ether oxygens (including phenoxy) is 2. The summed E-state index contributed by atoms with van der Waals surface area (Å²) >= 11 is 0. The smallest absolute Gasteiger partial charge is 0.119 e. The molecule has 1 saturated heterocycles. The Labute approximate surface area is 142 Å². The third kappa shape index (κ3) is 6.52. The third-order valence-corrected chi connectivity index (χ3v) is 4.70. The Morgan fingerprint density at radius 3 is 2.74 bits per heavy atom. The minimum Gasteiger partial charge on any atom is -0.491 e. The zero-order chi connectivity index (χ0) is 16.7. The maximum Gasteiger partial charge on any atom is 0.119 e. The molecule has 3 nitrogen and oxygen atoms in total. The summed E-state index contributed by atoms with van der Waals surface area (Å²) in [6, 6.07) is 6.48. The van der Waals surface area contributed by atoms with Gasteiger partial charge < -0.3 is 14.4 Å². The molecule has 1 aromatic rings. The SMILES string of the molecule is Cc1cc(OCCOCC[NH+]2CCC[C@@H](C)C2)cc(C(C)C)c1. The van der Waals surface area contributed by atoms with Crippen LogP contribution in [0.15, 0.2) is 18.2 Å². The lowest BCUT2D eigenvalue weighted by molar-refractivity contribution is -0.908. The fraction of sp³-hybridized carbons (Fsp3) is 0.700. The van der Waals surface area contributed by atoms with Gasteiger partial charge in [-0.1, -0.05) is 26.8 Å². The lowest BCUT2D eigenvalue weighted by Crippen LogP contribution is -3.14. The zero-order valence-electron chi connectivity index (χ0n) is 15.4. The van der Waals surface area contributed by atoms with Crippen LogP contribution in [0, 0.1) is 12.8 Å². The predicted molar refractivity (Wildman–Crippen MR) is 95.5 cm³/mol. The Bertz CT molecular complexity index is 473. The molecule has 130 valence electrons. The van der Waals surface area contributed by atoms with E-state index in [4.69, 9.17) is 9.47 Å². The molecule has 0 spiro atoms. The summed E-state index contributed by atoms with van der Waals surface area (Å²) in [5.41, 5.74) is 2.60. The monoisotopic (exact) mass is 320 g/mol. The van der Waals surface area contributed by atoms with Crippen molar-refractivity contribution in [3.05, 3.63) is 29.3 Å². The maximum atomic E-state index is 5.85. The third-order valence-electron chi connectivity index (χ3n) is 4.70. The quantitative estimate of drug-likeness (QED) is 0.744. The largest absolute Gasteiger partial charge is 0.491 e. The predicted octanol–water partition coefficient (Wildman–Crippen LogP) is 2.83. The van der Waals surface area contributed by atoms with Crippen LogP contribution in [0.1, 0.15) is 50.7 Å². The Hall–Kier alpha value is -1.06. The van der Waals surface area contributed by atoms with Crippen molar-refractivity contribution < 1.29 is 14.4 Å². The number of rotatable bonds is 8. The van der Waals surface area contributed by atoms with Crippen molar-refractivity contribution >= 4 is 0 Å². The highest BCUT2D eigenvalue weighted by atomic mass is 16.5. The summed E-state index contributed by atoms with van der Waals surface area (Å²) in [6.45, 7) is 14.8. The highest BCUT2D eigenvalue weighted by Gasteiger charge is 2.18. The van der Waals surface area contributed by atoms with Crippen molar-refractivity contribution in [3.63, 3.8) is 0 Å². The number of quaternary nitrogens is 1. The van der Waals surface area contributed by atoms with Gasteiger partial charge in [-0.3, -0.25) is 0 Å². The van der Waals surface area contributed by atoms with Gasteiger partial charge in [-0.15, -0.1) is 0 Å². The molecular formula is C20H34NO2+. The van der Waals surface area contributed by atoms with Crippen molar-refractivity contribution in [2.45, 2.75) is 46.5 Å². The Morgan fingerprint density at radius 2 is 2.00 bits per heavy atom. The van der Waals surface area contributed by atoms with Gasteiger partial charge in [-0.2, -0.15) is 0 Å². The highest BCUT2D eigenvalue weighted by molar-refractivity contribution is 5.35. The van der Waals surface area contributed by atoms with Gasteiger partial charge in [-0.25, -0.2) is 0 Å². The van der Waals surface area contributed by atoms with E-state index in [1.54, 1.807) is 4.90 Å². The normalized spacial score (nSPS) is 21.6. The molecule has 0 bridgehead atoms. The molecule has 0 aliphatic carbocycles. The Kier molecular flexibility index (Phi) is 7.38. The number of piperidine rings is 1. The minimum atomic E-state index is 0.531. The van der Waals surface area contributed by atoms with E-state index < -0.39 is 0 Å². The highest BCUT2D eigenvalue weighted by Crippen LogP contribution is 2.22. The molecule has 3 heteroatoms. The van der Waals surface area contributed by atoms with E-state index >= 15 is 0 Å². The number of hydrogen-bond donors (Lipinski definition) is 1. The molecule has 1 aromatic carbocycles.